The summed E-state index contributed by atoms with van der Waals surface area (Å²) in [5, 5.41) is 7.53. The maximum Gasteiger partial charge on any atom is 0.191 e. The molecule has 0 aromatic heterocycles. The Labute approximate surface area is 109 Å². The van der Waals surface area contributed by atoms with Crippen molar-refractivity contribution in [2.24, 2.45) is 10.9 Å². The highest BCUT2D eigenvalue weighted by Gasteiger charge is 2.20. The van der Waals surface area contributed by atoms with E-state index in [0.717, 1.165) is 36.8 Å². The normalized spacial score (nSPS) is 25.0. The van der Waals surface area contributed by atoms with Crippen molar-refractivity contribution in [1.82, 2.24) is 10.6 Å². The van der Waals surface area contributed by atoms with Crippen LogP contribution < -0.4 is 10.6 Å². The van der Waals surface area contributed by atoms with Gasteiger partial charge in [0.25, 0.3) is 0 Å². The number of nitrogens with zero attached hydrogens (tertiary/aromatic N) is 1. The number of guanidine groups is 1. The van der Waals surface area contributed by atoms with E-state index in [9.17, 15) is 0 Å². The quantitative estimate of drug-likeness (QED) is 0.564. The van der Waals surface area contributed by atoms with Crippen LogP contribution in [0.1, 0.15) is 39.0 Å². The van der Waals surface area contributed by atoms with Gasteiger partial charge in [0.15, 0.2) is 5.96 Å². The molecule has 2 rings (SSSR count). The fraction of sp³-hybridized carbons (Fsp3) is 0.923. The fourth-order valence-corrected chi connectivity index (χ4v) is 3.30. The Morgan fingerprint density at radius 2 is 2.18 bits per heavy atom. The van der Waals surface area contributed by atoms with Crippen LogP contribution in [-0.4, -0.2) is 36.6 Å². The van der Waals surface area contributed by atoms with Gasteiger partial charge in [0.2, 0.25) is 0 Å². The lowest BCUT2D eigenvalue weighted by molar-refractivity contribution is 0.683. The second kappa shape index (κ2) is 7.14. The zero-order valence-electron chi connectivity index (χ0n) is 10.9. The van der Waals surface area contributed by atoms with E-state index in [1.165, 1.54) is 37.9 Å². The van der Waals surface area contributed by atoms with Crippen LogP contribution in [0, 0.1) is 5.92 Å². The predicted octanol–water partition coefficient (Wildman–Crippen LogP) is 2.24. The molecular formula is C13H25N3S. The summed E-state index contributed by atoms with van der Waals surface area (Å²) in [4.78, 5) is 4.69. The standard InChI is InChI=1S/C13H25N3S/c1-2-14-13(15-8-7-11-5-6-11)16-10-12-4-3-9-17-12/h11-12H,2-10H2,1H3,(H2,14,15,16). The molecule has 1 saturated heterocycles. The number of thioether (sulfide) groups is 1. The van der Waals surface area contributed by atoms with E-state index in [0.29, 0.717) is 0 Å². The highest BCUT2D eigenvalue weighted by molar-refractivity contribution is 8.00. The molecule has 0 radical (unpaired) electrons. The molecule has 2 fully saturated rings. The van der Waals surface area contributed by atoms with Crippen LogP contribution in [-0.2, 0) is 0 Å². The van der Waals surface area contributed by atoms with Gasteiger partial charge in [-0.25, -0.2) is 0 Å². The van der Waals surface area contributed by atoms with Crippen LogP contribution in [0.3, 0.4) is 0 Å². The third-order valence-electron chi connectivity index (χ3n) is 3.36. The van der Waals surface area contributed by atoms with Gasteiger partial charge in [-0.3, -0.25) is 4.99 Å². The molecule has 98 valence electrons. The van der Waals surface area contributed by atoms with E-state index >= 15 is 0 Å². The number of hydrogen-bond acceptors (Lipinski definition) is 2. The van der Waals surface area contributed by atoms with Crippen molar-refractivity contribution in [2.45, 2.75) is 44.3 Å². The lowest BCUT2D eigenvalue weighted by atomic mass is 10.2. The molecule has 1 heterocycles. The van der Waals surface area contributed by atoms with Crippen LogP contribution in [0.5, 0.6) is 0 Å². The van der Waals surface area contributed by atoms with Crippen LogP contribution in [0.2, 0.25) is 0 Å². The SMILES string of the molecule is CCNC(=NCC1CCCS1)NCCC1CC1. The summed E-state index contributed by atoms with van der Waals surface area (Å²) < 4.78 is 0. The Morgan fingerprint density at radius 3 is 2.82 bits per heavy atom. The minimum absolute atomic E-state index is 0.758. The monoisotopic (exact) mass is 255 g/mol. The molecule has 2 N–H and O–H groups in total. The summed E-state index contributed by atoms with van der Waals surface area (Å²) in [7, 11) is 0. The summed E-state index contributed by atoms with van der Waals surface area (Å²) in [6.45, 7) is 5.13. The molecular weight excluding hydrogens is 230 g/mol. The number of nitrogens with one attached hydrogen (secondary N) is 2. The van der Waals surface area contributed by atoms with Crippen molar-refractivity contribution >= 4 is 17.7 Å². The Kier molecular flexibility index (Phi) is 5.49. The second-order valence-electron chi connectivity index (χ2n) is 5.01. The highest BCUT2D eigenvalue weighted by Crippen LogP contribution is 2.31. The first-order valence-corrected chi connectivity index (χ1v) is 8.07. The molecule has 3 nitrogen and oxygen atoms in total. The highest BCUT2D eigenvalue weighted by atomic mass is 32.2. The van der Waals surface area contributed by atoms with E-state index in [2.05, 4.69) is 34.3 Å². The van der Waals surface area contributed by atoms with Crippen LogP contribution in [0.4, 0.5) is 0 Å². The first-order chi connectivity index (χ1) is 8.38. The maximum atomic E-state index is 4.69. The zero-order chi connectivity index (χ0) is 11.9. The lowest BCUT2D eigenvalue weighted by Crippen LogP contribution is -2.38. The van der Waals surface area contributed by atoms with Crippen molar-refractivity contribution in [3.63, 3.8) is 0 Å². The van der Waals surface area contributed by atoms with E-state index in [-0.39, 0.29) is 0 Å². The summed E-state index contributed by atoms with van der Waals surface area (Å²) in [6.07, 6.45) is 6.90. The minimum atomic E-state index is 0.758. The van der Waals surface area contributed by atoms with Gasteiger partial charge in [-0.1, -0.05) is 12.8 Å². The van der Waals surface area contributed by atoms with E-state index in [1.54, 1.807) is 0 Å². The Morgan fingerprint density at radius 1 is 1.29 bits per heavy atom. The third kappa shape index (κ3) is 5.19. The van der Waals surface area contributed by atoms with Gasteiger partial charge in [0.05, 0.1) is 6.54 Å². The van der Waals surface area contributed by atoms with E-state index in [1.807, 2.05) is 0 Å². The van der Waals surface area contributed by atoms with Crippen LogP contribution in [0.15, 0.2) is 4.99 Å². The number of aliphatic imine (C=N–C) groups is 1. The van der Waals surface area contributed by atoms with E-state index in [4.69, 9.17) is 0 Å². The lowest BCUT2D eigenvalue weighted by Gasteiger charge is -2.12. The zero-order valence-corrected chi connectivity index (χ0v) is 11.7. The Bertz CT molecular complexity index is 245. The average molecular weight is 255 g/mol. The average Bonchev–Trinajstić information content (AvgIpc) is 3.00. The van der Waals surface area contributed by atoms with Crippen LogP contribution >= 0.6 is 11.8 Å². The topological polar surface area (TPSA) is 36.4 Å². The Balaban J connectivity index is 1.66. The summed E-state index contributed by atoms with van der Waals surface area (Å²) >= 11 is 2.08. The number of hydrogen-bond donors (Lipinski definition) is 2. The molecule has 1 atom stereocenters. The molecule has 0 spiro atoms. The maximum absolute atomic E-state index is 4.69. The molecule has 0 aromatic rings. The minimum Gasteiger partial charge on any atom is -0.357 e. The van der Waals surface area contributed by atoms with Gasteiger partial charge in [0, 0.05) is 18.3 Å². The molecule has 1 unspecified atom stereocenters. The van der Waals surface area contributed by atoms with Crippen LogP contribution in [0.25, 0.3) is 0 Å². The summed E-state index contributed by atoms with van der Waals surface area (Å²) in [5.74, 6) is 3.34. The molecule has 0 aromatic carbocycles. The van der Waals surface area contributed by atoms with Crippen molar-refractivity contribution in [3.05, 3.63) is 0 Å². The van der Waals surface area contributed by atoms with Crippen molar-refractivity contribution in [3.8, 4) is 0 Å². The molecule has 1 aliphatic heterocycles. The molecule has 2 aliphatic rings. The molecule has 1 aliphatic carbocycles. The number of rotatable bonds is 6. The van der Waals surface area contributed by atoms with Gasteiger partial charge in [-0.2, -0.15) is 11.8 Å². The molecule has 1 saturated carbocycles. The summed E-state index contributed by atoms with van der Waals surface area (Å²) in [6, 6.07) is 0. The van der Waals surface area contributed by atoms with Crippen molar-refractivity contribution in [1.29, 1.82) is 0 Å². The largest absolute Gasteiger partial charge is 0.357 e. The second-order valence-corrected chi connectivity index (χ2v) is 6.42. The van der Waals surface area contributed by atoms with Gasteiger partial charge < -0.3 is 10.6 Å². The molecule has 4 heteroatoms. The smallest absolute Gasteiger partial charge is 0.191 e. The van der Waals surface area contributed by atoms with Gasteiger partial charge in [0.1, 0.15) is 0 Å². The van der Waals surface area contributed by atoms with Gasteiger partial charge in [-0.05, 0) is 37.9 Å². The first kappa shape index (κ1) is 13.1. The summed E-state index contributed by atoms with van der Waals surface area (Å²) in [5.41, 5.74) is 0. The first-order valence-electron chi connectivity index (χ1n) is 7.02. The van der Waals surface area contributed by atoms with Gasteiger partial charge in [-0.15, -0.1) is 0 Å². The van der Waals surface area contributed by atoms with Crippen molar-refractivity contribution < 1.29 is 0 Å². The molecule has 0 bridgehead atoms. The van der Waals surface area contributed by atoms with Crippen molar-refractivity contribution in [2.75, 3.05) is 25.4 Å². The Hall–Kier alpha value is -0.380. The molecule has 0 amide bonds. The van der Waals surface area contributed by atoms with E-state index < -0.39 is 0 Å². The predicted molar refractivity (Wildman–Crippen MR) is 76.8 cm³/mol. The third-order valence-corrected chi connectivity index (χ3v) is 4.74. The fourth-order valence-electron chi connectivity index (χ4n) is 2.12. The van der Waals surface area contributed by atoms with Gasteiger partial charge >= 0.3 is 0 Å². The molecule has 17 heavy (non-hydrogen) atoms.